The van der Waals surface area contributed by atoms with Crippen LogP contribution < -0.4 is 0 Å². The van der Waals surface area contributed by atoms with Crippen LogP contribution in [0.1, 0.15) is 33.6 Å². The first-order valence-electron chi connectivity index (χ1n) is 6.22. The number of hydrogen-bond acceptors (Lipinski definition) is 3. The molecule has 0 atom stereocenters. The topological polar surface area (TPSA) is 38.8 Å². The zero-order valence-electron chi connectivity index (χ0n) is 11.4. The Bertz CT molecular complexity index is 310. The predicted molar refractivity (Wildman–Crippen MR) is 62.8 cm³/mol. The molecular formula is C12H20F3NO3. The minimum absolute atomic E-state index is 0.245. The Morgan fingerprint density at radius 1 is 1.26 bits per heavy atom. The van der Waals surface area contributed by atoms with Crippen LogP contribution >= 0.6 is 0 Å². The quantitative estimate of drug-likeness (QED) is 0.799. The minimum atomic E-state index is -3.74. The summed E-state index contributed by atoms with van der Waals surface area (Å²) in [6, 6.07) is 0. The van der Waals surface area contributed by atoms with Gasteiger partial charge in [-0.3, -0.25) is 0 Å². The van der Waals surface area contributed by atoms with Gasteiger partial charge < -0.3 is 14.4 Å². The van der Waals surface area contributed by atoms with Crippen molar-refractivity contribution in [3.05, 3.63) is 0 Å². The second kappa shape index (κ2) is 5.98. The number of amides is 1. The lowest BCUT2D eigenvalue weighted by Crippen LogP contribution is -2.45. The Morgan fingerprint density at radius 3 is 2.21 bits per heavy atom. The van der Waals surface area contributed by atoms with Crippen molar-refractivity contribution in [3.8, 4) is 0 Å². The summed E-state index contributed by atoms with van der Waals surface area (Å²) in [5.41, 5.74) is -0.592. The first kappa shape index (κ1) is 16.1. The van der Waals surface area contributed by atoms with Gasteiger partial charge in [0.25, 0.3) is 0 Å². The summed E-state index contributed by atoms with van der Waals surface area (Å²) < 4.78 is 46.9. The summed E-state index contributed by atoms with van der Waals surface area (Å²) in [6.45, 7) is 3.96. The summed E-state index contributed by atoms with van der Waals surface area (Å²) in [6.07, 6.45) is -4.45. The number of piperidine rings is 1. The van der Waals surface area contributed by atoms with Crippen molar-refractivity contribution < 1.29 is 27.4 Å². The fourth-order valence-electron chi connectivity index (χ4n) is 1.76. The second-order valence-electron chi connectivity index (χ2n) is 5.56. The monoisotopic (exact) mass is 283 g/mol. The molecule has 7 heteroatoms. The summed E-state index contributed by atoms with van der Waals surface area (Å²) in [5, 5.41) is 0. The lowest BCUT2D eigenvalue weighted by atomic mass is 10.1. The summed E-state index contributed by atoms with van der Waals surface area (Å²) >= 11 is 0. The molecule has 0 aromatic heterocycles. The van der Waals surface area contributed by atoms with Crippen LogP contribution in [0.2, 0.25) is 0 Å². The number of nitrogens with zero attached hydrogens (tertiary/aromatic N) is 1. The molecular weight excluding hydrogens is 263 g/mol. The molecule has 0 spiro atoms. The van der Waals surface area contributed by atoms with E-state index in [9.17, 15) is 18.0 Å². The van der Waals surface area contributed by atoms with Crippen LogP contribution in [0.15, 0.2) is 0 Å². The zero-order valence-corrected chi connectivity index (χ0v) is 11.4. The van der Waals surface area contributed by atoms with E-state index in [2.05, 4.69) is 4.74 Å². The van der Waals surface area contributed by atoms with Crippen LogP contribution in [0.4, 0.5) is 18.0 Å². The number of likely N-dealkylation sites (tertiary alicyclic amines) is 1. The standard InChI is InChI=1S/C12H20F3NO3/c1-11(2,3)19-10(17)16-6-4-9(5-7-16)18-12(14,15)8-13/h9H,4-8H2,1-3H3. The zero-order chi connectivity index (χ0) is 14.7. The van der Waals surface area contributed by atoms with Gasteiger partial charge in [-0.05, 0) is 33.6 Å². The van der Waals surface area contributed by atoms with Gasteiger partial charge in [0.05, 0.1) is 6.10 Å². The van der Waals surface area contributed by atoms with Gasteiger partial charge in [-0.25, -0.2) is 9.18 Å². The van der Waals surface area contributed by atoms with E-state index < -0.39 is 30.6 Å². The lowest BCUT2D eigenvalue weighted by Gasteiger charge is -2.34. The number of rotatable bonds is 3. The SMILES string of the molecule is CC(C)(C)OC(=O)N1CCC(OC(F)(F)CF)CC1. The average Bonchev–Trinajstić information content (AvgIpc) is 2.27. The fourth-order valence-corrected chi connectivity index (χ4v) is 1.76. The summed E-state index contributed by atoms with van der Waals surface area (Å²) in [7, 11) is 0. The van der Waals surface area contributed by atoms with E-state index in [0.29, 0.717) is 0 Å². The van der Waals surface area contributed by atoms with E-state index in [1.165, 1.54) is 4.90 Å². The van der Waals surface area contributed by atoms with Crippen LogP contribution in [-0.2, 0) is 9.47 Å². The Balaban J connectivity index is 2.39. The van der Waals surface area contributed by atoms with Crippen molar-refractivity contribution in [1.29, 1.82) is 0 Å². The molecule has 1 aliphatic rings. The molecule has 0 aromatic rings. The third kappa shape index (κ3) is 5.67. The number of halogens is 3. The van der Waals surface area contributed by atoms with Crippen molar-refractivity contribution in [2.24, 2.45) is 0 Å². The lowest BCUT2D eigenvalue weighted by molar-refractivity contribution is -0.273. The number of carbonyl (C=O) groups excluding carboxylic acids is 1. The highest BCUT2D eigenvalue weighted by Crippen LogP contribution is 2.24. The molecule has 1 amide bonds. The summed E-state index contributed by atoms with van der Waals surface area (Å²) in [4.78, 5) is 13.2. The van der Waals surface area contributed by atoms with Gasteiger partial charge in [-0.2, -0.15) is 8.78 Å². The van der Waals surface area contributed by atoms with Crippen LogP contribution in [0.5, 0.6) is 0 Å². The molecule has 0 aromatic carbocycles. The van der Waals surface area contributed by atoms with Crippen LogP contribution in [0, 0.1) is 0 Å². The third-order valence-electron chi connectivity index (χ3n) is 2.59. The predicted octanol–water partition coefficient (Wildman–Crippen LogP) is 2.96. The highest BCUT2D eigenvalue weighted by Gasteiger charge is 2.36. The van der Waals surface area contributed by atoms with E-state index in [-0.39, 0.29) is 25.9 Å². The van der Waals surface area contributed by atoms with Gasteiger partial charge in [-0.15, -0.1) is 0 Å². The maximum atomic E-state index is 12.7. The molecule has 4 nitrogen and oxygen atoms in total. The van der Waals surface area contributed by atoms with E-state index in [1.807, 2.05) is 0 Å². The molecule has 0 N–H and O–H groups in total. The number of alkyl halides is 3. The molecule has 0 bridgehead atoms. The highest BCUT2D eigenvalue weighted by molar-refractivity contribution is 5.68. The number of hydrogen-bond donors (Lipinski definition) is 0. The Labute approximate surface area is 110 Å². The molecule has 1 rings (SSSR count). The first-order valence-corrected chi connectivity index (χ1v) is 6.22. The number of carbonyl (C=O) groups is 1. The molecule has 0 aliphatic carbocycles. The number of ether oxygens (including phenoxy) is 2. The Hall–Kier alpha value is -0.980. The van der Waals surface area contributed by atoms with Crippen molar-refractivity contribution in [2.45, 2.75) is 51.4 Å². The smallest absolute Gasteiger partial charge is 0.410 e. The maximum Gasteiger partial charge on any atom is 0.410 e. The molecule has 0 saturated carbocycles. The van der Waals surface area contributed by atoms with E-state index in [4.69, 9.17) is 4.74 Å². The molecule has 112 valence electrons. The van der Waals surface area contributed by atoms with E-state index in [0.717, 1.165) is 0 Å². The second-order valence-corrected chi connectivity index (χ2v) is 5.56. The van der Waals surface area contributed by atoms with Gasteiger partial charge in [-0.1, -0.05) is 0 Å². The molecule has 19 heavy (non-hydrogen) atoms. The van der Waals surface area contributed by atoms with Crippen LogP contribution in [0.25, 0.3) is 0 Å². The van der Waals surface area contributed by atoms with Gasteiger partial charge in [0.1, 0.15) is 5.60 Å². The first-order chi connectivity index (χ1) is 8.63. The summed E-state index contributed by atoms with van der Waals surface area (Å²) in [5.74, 6) is 0. The van der Waals surface area contributed by atoms with Crippen LogP contribution in [0.3, 0.4) is 0 Å². The molecule has 0 unspecified atom stereocenters. The van der Waals surface area contributed by atoms with Crippen molar-refractivity contribution >= 4 is 6.09 Å². The van der Waals surface area contributed by atoms with Crippen molar-refractivity contribution in [2.75, 3.05) is 19.8 Å². The third-order valence-corrected chi connectivity index (χ3v) is 2.59. The largest absolute Gasteiger partial charge is 0.444 e. The van der Waals surface area contributed by atoms with Crippen molar-refractivity contribution in [1.82, 2.24) is 4.90 Å². The van der Waals surface area contributed by atoms with Crippen LogP contribution in [-0.4, -0.2) is 48.6 Å². The van der Waals surface area contributed by atoms with Gasteiger partial charge >= 0.3 is 12.2 Å². The average molecular weight is 283 g/mol. The fraction of sp³-hybridized carbons (Fsp3) is 0.917. The molecule has 0 radical (unpaired) electrons. The minimum Gasteiger partial charge on any atom is -0.444 e. The maximum absolute atomic E-state index is 12.7. The van der Waals surface area contributed by atoms with Gasteiger partial charge in [0, 0.05) is 13.1 Å². The molecule has 1 saturated heterocycles. The normalized spacial score (nSPS) is 18.5. The molecule has 1 fully saturated rings. The van der Waals surface area contributed by atoms with Gasteiger partial charge in [0.2, 0.25) is 0 Å². The van der Waals surface area contributed by atoms with E-state index in [1.54, 1.807) is 20.8 Å². The Kier molecular flexibility index (Phi) is 5.06. The van der Waals surface area contributed by atoms with Gasteiger partial charge in [0.15, 0.2) is 6.67 Å². The molecule has 1 aliphatic heterocycles. The van der Waals surface area contributed by atoms with Crippen molar-refractivity contribution in [3.63, 3.8) is 0 Å². The highest BCUT2D eigenvalue weighted by atomic mass is 19.3. The molecule has 1 heterocycles. The van der Waals surface area contributed by atoms with E-state index >= 15 is 0 Å². The Morgan fingerprint density at radius 2 is 1.79 bits per heavy atom.